The molecule has 7 nitrogen and oxygen atoms in total. The van der Waals surface area contributed by atoms with Crippen LogP contribution in [-0.4, -0.2) is 41.6 Å². The molecule has 0 aliphatic carbocycles. The number of aromatic nitrogens is 1. The monoisotopic (exact) mass is 425 g/mol. The zero-order valence-corrected chi connectivity index (χ0v) is 19.0. The fourth-order valence-corrected chi connectivity index (χ4v) is 3.90. The molecule has 168 valence electrons. The van der Waals surface area contributed by atoms with Crippen molar-refractivity contribution in [2.75, 3.05) is 19.6 Å². The van der Waals surface area contributed by atoms with Gasteiger partial charge >= 0.3 is 0 Å². The molecule has 1 fully saturated rings. The number of amides is 1. The molecule has 0 spiro atoms. The number of piperidine rings is 1. The number of hydrogen-bond acceptors (Lipinski definition) is 4. The second-order valence-electron chi connectivity index (χ2n) is 7.84. The number of guanidine groups is 1. The van der Waals surface area contributed by atoms with Crippen LogP contribution in [-0.2, 0) is 25.9 Å². The van der Waals surface area contributed by atoms with Crippen LogP contribution in [0, 0.1) is 0 Å². The maximum Gasteiger partial charge on any atom is 0.253 e. The number of nitrogens with zero attached hydrogens (tertiary/aromatic N) is 3. The first-order chi connectivity index (χ1) is 15.2. The summed E-state index contributed by atoms with van der Waals surface area (Å²) < 4.78 is 5.46. The Bertz CT molecular complexity index is 862. The molecule has 0 radical (unpaired) electrons. The Morgan fingerprint density at radius 1 is 1.13 bits per heavy atom. The van der Waals surface area contributed by atoms with Gasteiger partial charge in [-0.05, 0) is 50.3 Å². The average molecular weight is 426 g/mol. The summed E-state index contributed by atoms with van der Waals surface area (Å²) in [5.74, 6) is 1.78. The molecule has 3 rings (SSSR count). The summed E-state index contributed by atoms with van der Waals surface area (Å²) in [5, 5.41) is 10.9. The van der Waals surface area contributed by atoms with Crippen molar-refractivity contribution in [3.8, 4) is 0 Å². The number of carbonyl (C=O) groups is 1. The van der Waals surface area contributed by atoms with Crippen LogP contribution in [0.1, 0.15) is 73.0 Å². The van der Waals surface area contributed by atoms with Crippen molar-refractivity contribution in [3.05, 3.63) is 52.4 Å². The minimum Gasteiger partial charge on any atom is -0.361 e. The highest BCUT2D eigenvalue weighted by molar-refractivity contribution is 5.94. The minimum absolute atomic E-state index is 0.127. The largest absolute Gasteiger partial charge is 0.361 e. The summed E-state index contributed by atoms with van der Waals surface area (Å²) in [6.45, 7) is 9.81. The lowest BCUT2D eigenvalue weighted by Gasteiger charge is -2.26. The van der Waals surface area contributed by atoms with Crippen LogP contribution >= 0.6 is 0 Å². The van der Waals surface area contributed by atoms with Crippen LogP contribution < -0.4 is 10.6 Å². The molecule has 1 aromatic carbocycles. The molecule has 1 saturated heterocycles. The van der Waals surface area contributed by atoms with E-state index in [0.29, 0.717) is 13.1 Å². The highest BCUT2D eigenvalue weighted by Crippen LogP contribution is 2.16. The predicted molar refractivity (Wildman–Crippen MR) is 123 cm³/mol. The number of rotatable bonds is 8. The van der Waals surface area contributed by atoms with Gasteiger partial charge in [0.2, 0.25) is 0 Å². The SMILES string of the molecule is CCNC(=NCc1cccc(C(=O)N2CCCCC2)c1)NCc1c(CC)noc1CC. The summed E-state index contributed by atoms with van der Waals surface area (Å²) in [4.78, 5) is 19.5. The summed E-state index contributed by atoms with van der Waals surface area (Å²) in [7, 11) is 0. The van der Waals surface area contributed by atoms with Gasteiger partial charge in [-0.25, -0.2) is 4.99 Å². The van der Waals surface area contributed by atoms with E-state index in [-0.39, 0.29) is 5.91 Å². The van der Waals surface area contributed by atoms with Crippen molar-refractivity contribution in [1.82, 2.24) is 20.7 Å². The van der Waals surface area contributed by atoms with E-state index in [4.69, 9.17) is 9.52 Å². The number of carbonyl (C=O) groups excluding carboxylic acids is 1. The molecule has 2 aromatic rings. The number of aryl methyl sites for hydroxylation is 2. The van der Waals surface area contributed by atoms with Crippen LogP contribution in [0.2, 0.25) is 0 Å². The van der Waals surface area contributed by atoms with Gasteiger partial charge in [-0.1, -0.05) is 31.1 Å². The summed E-state index contributed by atoms with van der Waals surface area (Å²) in [6, 6.07) is 7.83. The molecular formula is C24H35N5O2. The highest BCUT2D eigenvalue weighted by atomic mass is 16.5. The first-order valence-electron chi connectivity index (χ1n) is 11.5. The normalized spacial score (nSPS) is 14.5. The Morgan fingerprint density at radius 2 is 1.94 bits per heavy atom. The molecule has 2 N–H and O–H groups in total. The molecule has 7 heteroatoms. The van der Waals surface area contributed by atoms with Crippen molar-refractivity contribution >= 4 is 11.9 Å². The first kappa shape index (κ1) is 22.8. The number of aliphatic imine (C=N–C) groups is 1. The van der Waals surface area contributed by atoms with Crippen molar-refractivity contribution in [1.29, 1.82) is 0 Å². The second-order valence-corrected chi connectivity index (χ2v) is 7.84. The van der Waals surface area contributed by atoms with E-state index in [1.54, 1.807) is 0 Å². The lowest BCUT2D eigenvalue weighted by atomic mass is 10.1. The highest BCUT2D eigenvalue weighted by Gasteiger charge is 2.18. The van der Waals surface area contributed by atoms with Crippen molar-refractivity contribution < 1.29 is 9.32 Å². The smallest absolute Gasteiger partial charge is 0.253 e. The van der Waals surface area contributed by atoms with E-state index in [9.17, 15) is 4.79 Å². The molecule has 1 amide bonds. The van der Waals surface area contributed by atoms with Gasteiger partial charge in [-0.3, -0.25) is 4.79 Å². The molecule has 1 aliphatic rings. The fourth-order valence-electron chi connectivity index (χ4n) is 3.90. The van der Waals surface area contributed by atoms with Crippen molar-refractivity contribution in [2.24, 2.45) is 4.99 Å². The van der Waals surface area contributed by atoms with Crippen LogP contribution in [0.3, 0.4) is 0 Å². The predicted octanol–water partition coefficient (Wildman–Crippen LogP) is 3.68. The molecule has 0 saturated carbocycles. The van der Waals surface area contributed by atoms with Gasteiger partial charge in [-0.2, -0.15) is 0 Å². The molecule has 1 aliphatic heterocycles. The van der Waals surface area contributed by atoms with Gasteiger partial charge in [0.1, 0.15) is 5.76 Å². The van der Waals surface area contributed by atoms with E-state index in [2.05, 4.69) is 29.6 Å². The van der Waals surface area contributed by atoms with Crippen molar-refractivity contribution in [3.63, 3.8) is 0 Å². The third-order valence-corrected chi connectivity index (χ3v) is 5.62. The van der Waals surface area contributed by atoms with E-state index >= 15 is 0 Å². The lowest BCUT2D eigenvalue weighted by molar-refractivity contribution is 0.0724. The van der Waals surface area contributed by atoms with Gasteiger partial charge in [-0.15, -0.1) is 0 Å². The Labute approximate surface area is 185 Å². The molecule has 0 bridgehead atoms. The molecular weight excluding hydrogens is 390 g/mol. The number of nitrogens with one attached hydrogen (secondary N) is 2. The topological polar surface area (TPSA) is 82.8 Å². The van der Waals surface area contributed by atoms with Crippen LogP contribution in [0.15, 0.2) is 33.8 Å². The number of likely N-dealkylation sites (tertiary alicyclic amines) is 1. The van der Waals surface area contributed by atoms with E-state index < -0.39 is 0 Å². The van der Waals surface area contributed by atoms with Gasteiger partial charge in [0.15, 0.2) is 5.96 Å². The average Bonchev–Trinajstić information content (AvgIpc) is 3.23. The molecule has 0 atom stereocenters. The van der Waals surface area contributed by atoms with Gasteiger partial charge in [0.25, 0.3) is 5.91 Å². The van der Waals surface area contributed by atoms with Gasteiger partial charge in [0, 0.05) is 43.7 Å². The number of hydrogen-bond donors (Lipinski definition) is 2. The Kier molecular flexibility index (Phi) is 8.50. The van der Waals surface area contributed by atoms with E-state index in [0.717, 1.165) is 79.4 Å². The summed E-state index contributed by atoms with van der Waals surface area (Å²) >= 11 is 0. The molecule has 2 heterocycles. The maximum absolute atomic E-state index is 12.8. The minimum atomic E-state index is 0.127. The third-order valence-electron chi connectivity index (χ3n) is 5.62. The third kappa shape index (κ3) is 6.09. The van der Waals surface area contributed by atoms with Crippen LogP contribution in [0.5, 0.6) is 0 Å². The zero-order chi connectivity index (χ0) is 22.1. The number of benzene rings is 1. The summed E-state index contributed by atoms with van der Waals surface area (Å²) in [5.41, 5.74) is 3.87. The quantitative estimate of drug-likeness (QED) is 0.498. The standard InChI is InChI=1S/C24H35N5O2/c1-4-21-20(22(5-2)31-28-21)17-27-24(25-6-3)26-16-18-11-10-12-19(15-18)23(30)29-13-8-7-9-14-29/h10-12,15H,4-9,13-14,16-17H2,1-3H3,(H2,25,26,27). The Balaban J connectivity index is 1.66. The fraction of sp³-hybridized carbons (Fsp3) is 0.542. The zero-order valence-electron chi connectivity index (χ0n) is 19.0. The van der Waals surface area contributed by atoms with Gasteiger partial charge in [0.05, 0.1) is 12.2 Å². The molecule has 31 heavy (non-hydrogen) atoms. The van der Waals surface area contributed by atoms with E-state index in [1.165, 1.54) is 6.42 Å². The van der Waals surface area contributed by atoms with Crippen LogP contribution in [0.4, 0.5) is 0 Å². The van der Waals surface area contributed by atoms with Crippen LogP contribution in [0.25, 0.3) is 0 Å². The lowest BCUT2D eigenvalue weighted by Crippen LogP contribution is -2.37. The summed E-state index contributed by atoms with van der Waals surface area (Å²) in [6.07, 6.45) is 5.06. The van der Waals surface area contributed by atoms with Gasteiger partial charge < -0.3 is 20.1 Å². The Hall–Kier alpha value is -2.83. The first-order valence-corrected chi connectivity index (χ1v) is 11.5. The second kappa shape index (κ2) is 11.5. The molecule has 1 aromatic heterocycles. The van der Waals surface area contributed by atoms with E-state index in [1.807, 2.05) is 36.1 Å². The maximum atomic E-state index is 12.8. The molecule has 0 unspecified atom stereocenters. The Morgan fingerprint density at radius 3 is 2.65 bits per heavy atom. The van der Waals surface area contributed by atoms with Crippen molar-refractivity contribution in [2.45, 2.75) is 66.0 Å².